The molecule has 0 amide bonds. The van der Waals surface area contributed by atoms with Crippen molar-refractivity contribution < 1.29 is 17.9 Å². The molecule has 1 aromatic carbocycles. The van der Waals surface area contributed by atoms with E-state index in [0.717, 1.165) is 12.1 Å². The van der Waals surface area contributed by atoms with E-state index in [1.807, 2.05) is 0 Å². The molecular weight excluding hydrogens is 295 g/mol. The first-order chi connectivity index (χ1) is 10.5. The fraction of sp³-hybridized carbons (Fsp3) is 0.200. The van der Waals surface area contributed by atoms with Crippen LogP contribution >= 0.6 is 0 Å². The van der Waals surface area contributed by atoms with E-state index in [-0.39, 0.29) is 6.42 Å². The lowest BCUT2D eigenvalue weighted by molar-refractivity contribution is -0.137. The molecule has 2 heterocycles. The highest BCUT2D eigenvalue weighted by molar-refractivity contribution is 5.43. The molecule has 0 atom stereocenters. The third-order valence-corrected chi connectivity index (χ3v) is 3.21. The summed E-state index contributed by atoms with van der Waals surface area (Å²) in [5.74, 6) is 1.10. The molecule has 0 spiro atoms. The summed E-state index contributed by atoms with van der Waals surface area (Å²) in [4.78, 5) is 4.30. The van der Waals surface area contributed by atoms with E-state index in [1.54, 1.807) is 36.0 Å². The van der Waals surface area contributed by atoms with Gasteiger partial charge >= 0.3 is 6.18 Å². The zero-order chi connectivity index (χ0) is 15.7. The molecule has 2 aromatic heterocycles. The molecule has 0 saturated carbocycles. The van der Waals surface area contributed by atoms with Gasteiger partial charge in [-0.05, 0) is 17.7 Å². The predicted molar refractivity (Wildman–Crippen MR) is 73.8 cm³/mol. The number of pyridine rings is 1. The normalized spacial score (nSPS) is 11.8. The molecule has 0 unspecified atom stereocenters. The summed E-state index contributed by atoms with van der Waals surface area (Å²) >= 11 is 0. The van der Waals surface area contributed by atoms with Crippen LogP contribution in [0, 0.1) is 0 Å². The number of aromatic nitrogens is 3. The highest BCUT2D eigenvalue weighted by Crippen LogP contribution is 2.29. The first kappa shape index (κ1) is 14.4. The van der Waals surface area contributed by atoms with Crippen molar-refractivity contribution >= 4 is 5.65 Å². The van der Waals surface area contributed by atoms with Crippen molar-refractivity contribution in [1.82, 2.24) is 14.6 Å². The molecule has 3 aromatic rings. The van der Waals surface area contributed by atoms with Crippen LogP contribution in [-0.4, -0.2) is 21.7 Å². The van der Waals surface area contributed by atoms with Gasteiger partial charge in [-0.2, -0.15) is 18.3 Å². The van der Waals surface area contributed by atoms with Crippen molar-refractivity contribution in [3.05, 3.63) is 59.5 Å². The second kappa shape index (κ2) is 5.32. The standard InChI is InChI=1S/C15H12F3N3O/c1-22-12-5-6-21-14(9-12)19-13(20-21)8-10-3-2-4-11(7-10)15(16,17)18/h2-7,9H,8H2,1H3. The van der Waals surface area contributed by atoms with Crippen LogP contribution in [0.5, 0.6) is 5.75 Å². The number of nitrogens with zero attached hydrogens (tertiary/aromatic N) is 3. The second-order valence-electron chi connectivity index (χ2n) is 4.77. The van der Waals surface area contributed by atoms with Gasteiger partial charge in [-0.15, -0.1) is 0 Å². The Morgan fingerprint density at radius 3 is 2.73 bits per heavy atom. The van der Waals surface area contributed by atoms with Crippen LogP contribution in [0.25, 0.3) is 5.65 Å². The summed E-state index contributed by atoms with van der Waals surface area (Å²) in [6.07, 6.45) is -2.43. The number of alkyl halides is 3. The minimum absolute atomic E-state index is 0.230. The lowest BCUT2D eigenvalue weighted by atomic mass is 10.1. The Morgan fingerprint density at radius 2 is 2.00 bits per heavy atom. The van der Waals surface area contributed by atoms with Gasteiger partial charge in [0.15, 0.2) is 11.5 Å². The van der Waals surface area contributed by atoms with Crippen molar-refractivity contribution in [2.24, 2.45) is 0 Å². The molecule has 114 valence electrons. The van der Waals surface area contributed by atoms with Gasteiger partial charge in [-0.1, -0.05) is 18.2 Å². The van der Waals surface area contributed by atoms with Crippen LogP contribution < -0.4 is 4.74 Å². The number of hydrogen-bond donors (Lipinski definition) is 0. The molecule has 4 nitrogen and oxygen atoms in total. The molecule has 7 heteroatoms. The Labute approximate surface area is 124 Å². The number of ether oxygens (including phenoxy) is 1. The van der Waals surface area contributed by atoms with E-state index in [2.05, 4.69) is 10.1 Å². The molecule has 0 fully saturated rings. The number of halogens is 3. The summed E-state index contributed by atoms with van der Waals surface area (Å²) in [6.45, 7) is 0. The average Bonchev–Trinajstić information content (AvgIpc) is 2.87. The molecule has 3 rings (SSSR count). The van der Waals surface area contributed by atoms with E-state index in [9.17, 15) is 13.2 Å². The highest BCUT2D eigenvalue weighted by Gasteiger charge is 2.30. The predicted octanol–water partition coefficient (Wildman–Crippen LogP) is 3.35. The summed E-state index contributed by atoms with van der Waals surface area (Å²) in [6, 6.07) is 8.62. The van der Waals surface area contributed by atoms with Gasteiger partial charge in [0, 0.05) is 18.7 Å². The minimum atomic E-state index is -4.35. The molecule has 0 aliphatic heterocycles. The quantitative estimate of drug-likeness (QED) is 0.745. The number of rotatable bonds is 3. The Bertz CT molecular complexity index is 811. The zero-order valence-electron chi connectivity index (χ0n) is 11.6. The van der Waals surface area contributed by atoms with Gasteiger partial charge in [-0.3, -0.25) is 0 Å². The van der Waals surface area contributed by atoms with Crippen molar-refractivity contribution in [1.29, 1.82) is 0 Å². The van der Waals surface area contributed by atoms with Crippen molar-refractivity contribution in [2.45, 2.75) is 12.6 Å². The number of fused-ring (bicyclic) bond motifs is 1. The van der Waals surface area contributed by atoms with Crippen LogP contribution in [0.3, 0.4) is 0 Å². The summed E-state index contributed by atoms with van der Waals surface area (Å²) < 4.78 is 44.8. The maximum Gasteiger partial charge on any atom is 0.416 e. The largest absolute Gasteiger partial charge is 0.497 e. The first-order valence-electron chi connectivity index (χ1n) is 6.51. The molecule has 0 radical (unpaired) electrons. The molecule has 0 aliphatic rings. The third-order valence-electron chi connectivity index (χ3n) is 3.21. The van der Waals surface area contributed by atoms with E-state index >= 15 is 0 Å². The second-order valence-corrected chi connectivity index (χ2v) is 4.77. The van der Waals surface area contributed by atoms with Crippen LogP contribution in [0.1, 0.15) is 17.0 Å². The van der Waals surface area contributed by atoms with Crippen molar-refractivity contribution in [2.75, 3.05) is 7.11 Å². The molecule has 0 saturated heterocycles. The maximum atomic E-state index is 12.7. The van der Waals surface area contributed by atoms with Crippen LogP contribution in [0.15, 0.2) is 42.6 Å². The third kappa shape index (κ3) is 2.88. The Morgan fingerprint density at radius 1 is 1.18 bits per heavy atom. The smallest absolute Gasteiger partial charge is 0.416 e. The average molecular weight is 307 g/mol. The van der Waals surface area contributed by atoms with Crippen LogP contribution in [0.4, 0.5) is 13.2 Å². The Hall–Kier alpha value is -2.57. The highest BCUT2D eigenvalue weighted by atomic mass is 19.4. The monoisotopic (exact) mass is 307 g/mol. The Balaban J connectivity index is 1.90. The molecular formula is C15H12F3N3O. The molecule has 0 bridgehead atoms. The fourth-order valence-electron chi connectivity index (χ4n) is 2.15. The van der Waals surface area contributed by atoms with Gasteiger partial charge in [0.1, 0.15) is 5.75 Å². The summed E-state index contributed by atoms with van der Waals surface area (Å²) in [5.41, 5.74) is 0.425. The maximum absolute atomic E-state index is 12.7. The van der Waals surface area contributed by atoms with Gasteiger partial charge in [0.25, 0.3) is 0 Å². The van der Waals surface area contributed by atoms with Gasteiger partial charge < -0.3 is 4.74 Å². The van der Waals surface area contributed by atoms with Crippen LogP contribution in [0.2, 0.25) is 0 Å². The molecule has 0 N–H and O–H groups in total. The number of benzene rings is 1. The number of methoxy groups -OCH3 is 1. The fourth-order valence-corrected chi connectivity index (χ4v) is 2.15. The zero-order valence-corrected chi connectivity index (χ0v) is 11.6. The van der Waals surface area contributed by atoms with Gasteiger partial charge in [-0.25, -0.2) is 9.50 Å². The molecule has 22 heavy (non-hydrogen) atoms. The van der Waals surface area contributed by atoms with Crippen molar-refractivity contribution in [3.63, 3.8) is 0 Å². The first-order valence-corrected chi connectivity index (χ1v) is 6.51. The van der Waals surface area contributed by atoms with E-state index in [0.29, 0.717) is 22.8 Å². The van der Waals surface area contributed by atoms with Crippen molar-refractivity contribution in [3.8, 4) is 5.75 Å². The lowest BCUT2D eigenvalue weighted by Gasteiger charge is -2.07. The van der Waals surface area contributed by atoms with Gasteiger partial charge in [0.05, 0.1) is 12.7 Å². The van der Waals surface area contributed by atoms with E-state index in [4.69, 9.17) is 4.74 Å². The Kier molecular flexibility index (Phi) is 3.48. The molecule has 0 aliphatic carbocycles. The topological polar surface area (TPSA) is 39.4 Å². The minimum Gasteiger partial charge on any atom is -0.497 e. The SMILES string of the molecule is COc1ccn2nc(Cc3cccc(C(F)(F)F)c3)nc2c1. The van der Waals surface area contributed by atoms with Gasteiger partial charge in [0.2, 0.25) is 0 Å². The summed E-state index contributed by atoms with van der Waals surface area (Å²) in [7, 11) is 1.55. The van der Waals surface area contributed by atoms with Crippen LogP contribution in [-0.2, 0) is 12.6 Å². The van der Waals surface area contributed by atoms with E-state index in [1.165, 1.54) is 6.07 Å². The van der Waals surface area contributed by atoms with E-state index < -0.39 is 11.7 Å². The summed E-state index contributed by atoms with van der Waals surface area (Å²) in [5, 5.41) is 4.24. The number of hydrogen-bond acceptors (Lipinski definition) is 3. The lowest BCUT2D eigenvalue weighted by Crippen LogP contribution is -2.05.